The van der Waals surface area contributed by atoms with E-state index < -0.39 is 122 Å². The molecule has 2 heterocycles. The second-order valence-electron chi connectivity index (χ2n) is 10.0. The zero-order valence-electron chi connectivity index (χ0n) is 21.9. The Labute approximate surface area is 241 Å². The second-order valence-corrected chi connectivity index (χ2v) is 10.0. The molecule has 1 aromatic heterocycles. The van der Waals surface area contributed by atoms with E-state index in [0.29, 0.717) is 0 Å². The molecule has 0 radical (unpaired) electrons. The fourth-order valence-electron chi connectivity index (χ4n) is 5.84. The smallest absolute Gasteiger partial charge is 0.200 e. The molecule has 1 aliphatic rings. The Kier molecular flexibility index (Phi) is 7.73. The van der Waals surface area contributed by atoms with Gasteiger partial charge in [0, 0.05) is 31.9 Å². The minimum Gasteiger partial charge on any atom is -0.207 e. The molecule has 0 saturated heterocycles. The third-order valence-corrected chi connectivity index (χ3v) is 7.73. The molecule has 1 nitrogen and oxygen atoms in total. The fourth-order valence-corrected chi connectivity index (χ4v) is 5.84. The van der Waals surface area contributed by atoms with Crippen LogP contribution in [-0.4, -0.2) is 6.15 Å². The number of allylic oxidation sites excluding steroid dienone is 1. The van der Waals surface area contributed by atoms with Crippen molar-refractivity contribution >= 4 is 28.2 Å². The van der Waals surface area contributed by atoms with Crippen LogP contribution in [0.15, 0.2) is 24.2 Å². The van der Waals surface area contributed by atoms with E-state index in [0.717, 1.165) is 4.57 Å². The molecule has 3 aromatic carbocycles. The summed E-state index contributed by atoms with van der Waals surface area (Å²) in [6.45, 7) is 1.33. The lowest BCUT2D eigenvalue weighted by Crippen LogP contribution is -2.72. The lowest BCUT2D eigenvalue weighted by Gasteiger charge is -2.41. The molecule has 0 bridgehead atoms. The van der Waals surface area contributed by atoms with Crippen LogP contribution in [0.25, 0.3) is 5.70 Å². The summed E-state index contributed by atoms with van der Waals surface area (Å²) < 4.78 is 225. The maximum absolute atomic E-state index is 15.7. The molecule has 0 saturated carbocycles. The number of rotatable bonds is 4. The van der Waals surface area contributed by atoms with E-state index in [9.17, 15) is 39.5 Å². The Balaban J connectivity index is 2.22. The average molecular weight is 657 g/mol. The van der Waals surface area contributed by atoms with Gasteiger partial charge in [0.2, 0.25) is 0 Å². The van der Waals surface area contributed by atoms with Gasteiger partial charge in [-0.05, 0) is 6.07 Å². The van der Waals surface area contributed by atoms with Gasteiger partial charge in [-0.15, -0.1) is 16.4 Å². The van der Waals surface area contributed by atoms with Crippen molar-refractivity contribution < 1.29 is 70.4 Å². The highest BCUT2D eigenvalue weighted by Gasteiger charge is 2.48. The number of aromatic nitrogens is 1. The summed E-state index contributed by atoms with van der Waals surface area (Å²) in [5.41, 5.74) is -8.18. The third kappa shape index (κ3) is 4.33. The highest BCUT2D eigenvalue weighted by atomic mass is 19.2. The van der Waals surface area contributed by atoms with Crippen molar-refractivity contribution in [2.24, 2.45) is 0 Å². The van der Waals surface area contributed by atoms with Gasteiger partial charge in [-0.2, -0.15) is 10.5 Å². The summed E-state index contributed by atoms with van der Waals surface area (Å²) in [6.07, 6.45) is -6.33. The number of halogens is 15. The minimum atomic E-state index is -5.76. The van der Waals surface area contributed by atoms with E-state index in [-0.39, 0.29) is 23.8 Å². The van der Waals surface area contributed by atoms with Crippen LogP contribution in [0.5, 0.6) is 0 Å². The Morgan fingerprint density at radius 1 is 0.467 bits per heavy atom. The SMILES string of the molecule is Cc1cccc2[n+]1/C(=C/[B-](c1c(F)c(F)c(F)c(F)c1F)(c1c(F)c(F)c(F)c(F)c1F)c1c(F)c(F)c(F)c(F)c1F)CC2. The van der Waals surface area contributed by atoms with Crippen LogP contribution in [0.3, 0.4) is 0 Å². The number of aryl methyl sites for hydroxylation is 2. The second kappa shape index (κ2) is 10.9. The standard InChI is InChI=1S/C28H11BF15N/c1-8-3-2-4-9-5-6-10(45(8)9)7-29(11-14(30)20(36)26(42)21(37)15(11)31,12-16(32)22(38)27(43)23(39)17(12)33)13-18(34)24(40)28(44)25(41)19(13)35/h2-4,7H,5-6H2,1H3/b10-7+. The van der Waals surface area contributed by atoms with Gasteiger partial charge in [0.05, 0.1) is 0 Å². The average Bonchev–Trinajstić information content (AvgIpc) is 3.42. The van der Waals surface area contributed by atoms with Gasteiger partial charge in [0.25, 0.3) is 0 Å². The summed E-state index contributed by atoms with van der Waals surface area (Å²) in [7, 11) is 0. The Morgan fingerprint density at radius 2 is 0.778 bits per heavy atom. The van der Waals surface area contributed by atoms with Crippen molar-refractivity contribution in [1.29, 1.82) is 0 Å². The maximum Gasteiger partial charge on any atom is 0.200 e. The number of nitrogens with zero attached hydrogens (tertiary/aromatic N) is 1. The molecule has 1 aliphatic heterocycles. The van der Waals surface area contributed by atoms with Crippen molar-refractivity contribution in [2.45, 2.75) is 19.8 Å². The van der Waals surface area contributed by atoms with Gasteiger partial charge in [0.1, 0.15) is 46.7 Å². The van der Waals surface area contributed by atoms with E-state index in [1.807, 2.05) is 0 Å². The first-order valence-corrected chi connectivity index (χ1v) is 12.4. The molecule has 0 N–H and O–H groups in total. The molecule has 5 rings (SSSR count). The number of hydrogen-bond donors (Lipinski definition) is 0. The van der Waals surface area contributed by atoms with Crippen LogP contribution in [0, 0.1) is 94.2 Å². The van der Waals surface area contributed by atoms with E-state index in [4.69, 9.17) is 0 Å². The maximum atomic E-state index is 15.7. The van der Waals surface area contributed by atoms with E-state index in [2.05, 4.69) is 0 Å². The molecular formula is C28H11BF15N. The highest BCUT2D eigenvalue weighted by molar-refractivity contribution is 7.15. The first kappa shape index (κ1) is 32.0. The lowest BCUT2D eigenvalue weighted by atomic mass is 9.15. The molecule has 0 amide bonds. The van der Waals surface area contributed by atoms with Gasteiger partial charge in [-0.1, -0.05) is 0 Å². The van der Waals surface area contributed by atoms with E-state index in [1.54, 1.807) is 0 Å². The number of hydrogen-bond acceptors (Lipinski definition) is 0. The molecule has 0 atom stereocenters. The third-order valence-electron chi connectivity index (χ3n) is 7.73. The zero-order valence-corrected chi connectivity index (χ0v) is 21.9. The zero-order chi connectivity index (χ0) is 33.4. The van der Waals surface area contributed by atoms with Crippen molar-refractivity contribution in [3.8, 4) is 0 Å². The van der Waals surface area contributed by atoms with Crippen molar-refractivity contribution in [2.75, 3.05) is 0 Å². The molecular weight excluding hydrogens is 646 g/mol. The van der Waals surface area contributed by atoms with Crippen LogP contribution in [0.4, 0.5) is 65.9 Å². The topological polar surface area (TPSA) is 3.88 Å². The largest absolute Gasteiger partial charge is 0.207 e. The Morgan fingerprint density at radius 3 is 1.11 bits per heavy atom. The van der Waals surface area contributed by atoms with Gasteiger partial charge in [-0.3, -0.25) is 0 Å². The highest BCUT2D eigenvalue weighted by Crippen LogP contribution is 2.31. The first-order valence-electron chi connectivity index (χ1n) is 12.4. The Hall–Kier alpha value is -4.44. The molecule has 45 heavy (non-hydrogen) atoms. The predicted molar refractivity (Wildman–Crippen MR) is 127 cm³/mol. The van der Waals surface area contributed by atoms with E-state index >= 15 is 26.3 Å². The normalized spacial score (nSPS) is 14.1. The summed E-state index contributed by atoms with van der Waals surface area (Å²) >= 11 is 0. The van der Waals surface area contributed by atoms with Crippen LogP contribution >= 0.6 is 0 Å². The molecule has 0 spiro atoms. The Bertz CT molecular complexity index is 1730. The number of pyridine rings is 1. The lowest BCUT2D eigenvalue weighted by molar-refractivity contribution is -0.588. The number of fused-ring (bicyclic) bond motifs is 1. The van der Waals surface area contributed by atoms with Gasteiger partial charge < -0.3 is 0 Å². The summed E-state index contributed by atoms with van der Waals surface area (Å²) in [5, 5.41) is 0. The van der Waals surface area contributed by atoms with E-state index in [1.165, 1.54) is 25.1 Å². The summed E-state index contributed by atoms with van der Waals surface area (Å²) in [6, 6.07) is 4.14. The van der Waals surface area contributed by atoms with Crippen LogP contribution < -0.4 is 21.0 Å². The fraction of sp³-hybridized carbons (Fsp3) is 0.107. The molecule has 0 fully saturated rings. The summed E-state index contributed by atoms with van der Waals surface area (Å²) in [5.74, 6) is -45.3. The van der Waals surface area contributed by atoms with Gasteiger partial charge in [-0.25, -0.2) is 65.9 Å². The number of benzene rings is 3. The predicted octanol–water partition coefficient (Wildman–Crippen LogP) is 5.87. The van der Waals surface area contributed by atoms with Gasteiger partial charge in [0.15, 0.2) is 63.7 Å². The molecule has 17 heteroatoms. The molecule has 0 aliphatic carbocycles. The molecule has 0 unspecified atom stereocenters. The van der Waals surface area contributed by atoms with Crippen LogP contribution in [-0.2, 0) is 6.42 Å². The quantitative estimate of drug-likeness (QED) is 0.0852. The van der Waals surface area contributed by atoms with Crippen molar-refractivity contribution in [3.63, 3.8) is 0 Å². The molecule has 236 valence electrons. The first-order chi connectivity index (χ1) is 21.0. The van der Waals surface area contributed by atoms with Crippen molar-refractivity contribution in [3.05, 3.63) is 123 Å². The van der Waals surface area contributed by atoms with Crippen LogP contribution in [0.2, 0.25) is 0 Å². The minimum absolute atomic E-state index is 0.00165. The summed E-state index contributed by atoms with van der Waals surface area (Å²) in [4.78, 5) is 0. The molecule has 4 aromatic rings. The van der Waals surface area contributed by atoms with Crippen molar-refractivity contribution in [1.82, 2.24) is 0 Å². The van der Waals surface area contributed by atoms with Gasteiger partial charge >= 0.3 is 0 Å². The monoisotopic (exact) mass is 657 g/mol. The van der Waals surface area contributed by atoms with Crippen LogP contribution in [0.1, 0.15) is 17.8 Å².